The van der Waals surface area contributed by atoms with Gasteiger partial charge >= 0.3 is 0 Å². The summed E-state index contributed by atoms with van der Waals surface area (Å²) in [5.74, 6) is 0.516. The van der Waals surface area contributed by atoms with Crippen molar-refractivity contribution in [3.63, 3.8) is 0 Å². The molecule has 1 aromatic heterocycles. The SMILES string of the molecule is CCNC(C1CCCc2cccnc21)C(C)(CC)N(C)C. The van der Waals surface area contributed by atoms with E-state index in [1.165, 1.54) is 30.5 Å². The molecule has 1 aliphatic rings. The number of likely N-dealkylation sites (N-methyl/N-ethyl adjacent to an activating group) is 2. The van der Waals surface area contributed by atoms with Gasteiger partial charge in [0.05, 0.1) is 0 Å². The first-order chi connectivity index (χ1) is 10.0. The van der Waals surface area contributed by atoms with Gasteiger partial charge in [0.2, 0.25) is 0 Å². The van der Waals surface area contributed by atoms with E-state index < -0.39 is 0 Å². The van der Waals surface area contributed by atoms with Crippen LogP contribution in [0.2, 0.25) is 0 Å². The van der Waals surface area contributed by atoms with Crippen molar-refractivity contribution in [2.45, 2.75) is 64.0 Å². The van der Waals surface area contributed by atoms with Gasteiger partial charge in [-0.25, -0.2) is 0 Å². The zero-order valence-electron chi connectivity index (χ0n) is 14.3. The van der Waals surface area contributed by atoms with Crippen LogP contribution in [0.4, 0.5) is 0 Å². The molecule has 0 fully saturated rings. The van der Waals surface area contributed by atoms with E-state index in [1.807, 2.05) is 6.20 Å². The molecule has 3 unspecified atom stereocenters. The minimum Gasteiger partial charge on any atom is -0.312 e. The Balaban J connectivity index is 2.40. The van der Waals surface area contributed by atoms with E-state index in [4.69, 9.17) is 4.98 Å². The van der Waals surface area contributed by atoms with Crippen molar-refractivity contribution < 1.29 is 0 Å². The third-order valence-corrected chi connectivity index (χ3v) is 5.47. The Bertz CT molecular complexity index is 458. The first-order valence-electron chi connectivity index (χ1n) is 8.39. The molecule has 118 valence electrons. The van der Waals surface area contributed by atoms with Crippen LogP contribution in [0.25, 0.3) is 0 Å². The highest BCUT2D eigenvalue weighted by Crippen LogP contribution is 2.38. The van der Waals surface area contributed by atoms with Gasteiger partial charge in [-0.05, 0) is 64.9 Å². The standard InChI is InChI=1S/C18H31N3/c1-6-18(3,21(4)5)17(19-7-2)15-12-8-10-14-11-9-13-20-16(14)15/h9,11,13,15,17,19H,6-8,10,12H2,1-5H3. The molecule has 0 aromatic carbocycles. The number of pyridine rings is 1. The summed E-state index contributed by atoms with van der Waals surface area (Å²) < 4.78 is 0. The van der Waals surface area contributed by atoms with Gasteiger partial charge in [-0.15, -0.1) is 0 Å². The minimum absolute atomic E-state index is 0.146. The average Bonchev–Trinajstić information content (AvgIpc) is 2.51. The molecule has 0 aliphatic heterocycles. The maximum Gasteiger partial charge on any atom is 0.0482 e. The molecule has 1 N–H and O–H groups in total. The van der Waals surface area contributed by atoms with Crippen molar-refractivity contribution in [3.8, 4) is 0 Å². The molecule has 21 heavy (non-hydrogen) atoms. The molecule has 0 saturated carbocycles. The summed E-state index contributed by atoms with van der Waals surface area (Å²) in [5, 5.41) is 3.78. The van der Waals surface area contributed by atoms with E-state index in [2.05, 4.69) is 57.2 Å². The van der Waals surface area contributed by atoms with Gasteiger partial charge in [0, 0.05) is 29.4 Å². The second-order valence-electron chi connectivity index (χ2n) is 6.69. The first kappa shape index (κ1) is 16.4. The highest BCUT2D eigenvalue weighted by Gasteiger charge is 2.41. The number of nitrogens with zero attached hydrogens (tertiary/aromatic N) is 2. The fourth-order valence-corrected chi connectivity index (χ4v) is 3.80. The summed E-state index contributed by atoms with van der Waals surface area (Å²) >= 11 is 0. The maximum atomic E-state index is 4.75. The molecule has 0 saturated heterocycles. The third-order valence-electron chi connectivity index (χ3n) is 5.47. The number of hydrogen-bond donors (Lipinski definition) is 1. The Morgan fingerprint density at radius 3 is 2.81 bits per heavy atom. The lowest BCUT2D eigenvalue weighted by molar-refractivity contribution is 0.0939. The summed E-state index contributed by atoms with van der Waals surface area (Å²) in [7, 11) is 4.41. The topological polar surface area (TPSA) is 28.2 Å². The molecule has 0 bridgehead atoms. The van der Waals surface area contributed by atoms with Crippen LogP contribution in [0.5, 0.6) is 0 Å². The molecule has 1 aromatic rings. The number of rotatable bonds is 6. The van der Waals surface area contributed by atoms with Crippen LogP contribution in [0.3, 0.4) is 0 Å². The van der Waals surface area contributed by atoms with E-state index >= 15 is 0 Å². The van der Waals surface area contributed by atoms with E-state index in [1.54, 1.807) is 0 Å². The Hall–Kier alpha value is -0.930. The Morgan fingerprint density at radius 2 is 2.19 bits per heavy atom. The normalized spacial score (nSPS) is 22.7. The number of hydrogen-bond acceptors (Lipinski definition) is 3. The Labute approximate surface area is 130 Å². The van der Waals surface area contributed by atoms with E-state index in [9.17, 15) is 0 Å². The average molecular weight is 289 g/mol. The van der Waals surface area contributed by atoms with Crippen molar-refractivity contribution in [1.29, 1.82) is 0 Å². The van der Waals surface area contributed by atoms with Crippen molar-refractivity contribution in [3.05, 3.63) is 29.6 Å². The van der Waals surface area contributed by atoms with Crippen LogP contribution in [-0.2, 0) is 6.42 Å². The summed E-state index contributed by atoms with van der Waals surface area (Å²) in [6.07, 6.45) is 6.79. The van der Waals surface area contributed by atoms with Crippen LogP contribution >= 0.6 is 0 Å². The molecule has 1 heterocycles. The van der Waals surface area contributed by atoms with Crippen LogP contribution < -0.4 is 5.32 Å². The Kier molecular flexibility index (Phi) is 5.39. The smallest absolute Gasteiger partial charge is 0.0482 e. The lowest BCUT2D eigenvalue weighted by atomic mass is 9.73. The van der Waals surface area contributed by atoms with Crippen LogP contribution in [-0.4, -0.2) is 42.1 Å². The largest absolute Gasteiger partial charge is 0.312 e. The van der Waals surface area contributed by atoms with Crippen LogP contribution in [0, 0.1) is 0 Å². The molecule has 3 heteroatoms. The molecule has 0 radical (unpaired) electrons. The van der Waals surface area contributed by atoms with Crippen LogP contribution in [0.15, 0.2) is 18.3 Å². The molecular formula is C18H31N3. The van der Waals surface area contributed by atoms with Gasteiger partial charge in [-0.2, -0.15) is 0 Å². The number of aryl methyl sites for hydroxylation is 1. The molecule has 0 amide bonds. The van der Waals surface area contributed by atoms with E-state index in [0.29, 0.717) is 12.0 Å². The van der Waals surface area contributed by atoms with Gasteiger partial charge in [0.25, 0.3) is 0 Å². The zero-order chi connectivity index (χ0) is 15.5. The Morgan fingerprint density at radius 1 is 1.43 bits per heavy atom. The molecular weight excluding hydrogens is 258 g/mol. The zero-order valence-corrected chi connectivity index (χ0v) is 14.3. The van der Waals surface area contributed by atoms with E-state index in [-0.39, 0.29) is 5.54 Å². The maximum absolute atomic E-state index is 4.75. The summed E-state index contributed by atoms with van der Waals surface area (Å²) in [6.45, 7) is 7.90. The summed E-state index contributed by atoms with van der Waals surface area (Å²) in [6, 6.07) is 4.78. The highest BCUT2D eigenvalue weighted by atomic mass is 15.2. The third kappa shape index (κ3) is 3.14. The quantitative estimate of drug-likeness (QED) is 0.871. The van der Waals surface area contributed by atoms with Crippen molar-refractivity contribution in [1.82, 2.24) is 15.2 Å². The van der Waals surface area contributed by atoms with Crippen molar-refractivity contribution in [2.24, 2.45) is 0 Å². The highest BCUT2D eigenvalue weighted by molar-refractivity contribution is 5.28. The van der Waals surface area contributed by atoms with Gasteiger partial charge in [-0.3, -0.25) is 4.98 Å². The number of fused-ring (bicyclic) bond motifs is 1. The number of aromatic nitrogens is 1. The van der Waals surface area contributed by atoms with Gasteiger partial charge in [0.15, 0.2) is 0 Å². The van der Waals surface area contributed by atoms with E-state index in [0.717, 1.165) is 13.0 Å². The fourth-order valence-electron chi connectivity index (χ4n) is 3.80. The van der Waals surface area contributed by atoms with Crippen molar-refractivity contribution >= 4 is 0 Å². The molecule has 0 spiro atoms. The van der Waals surface area contributed by atoms with Gasteiger partial charge in [0.1, 0.15) is 0 Å². The molecule has 3 nitrogen and oxygen atoms in total. The van der Waals surface area contributed by atoms with Crippen LogP contribution in [0.1, 0.15) is 57.2 Å². The van der Waals surface area contributed by atoms with Gasteiger partial charge in [-0.1, -0.05) is 19.9 Å². The summed E-state index contributed by atoms with van der Waals surface area (Å²) in [4.78, 5) is 7.14. The molecule has 3 atom stereocenters. The second kappa shape index (κ2) is 6.89. The lowest BCUT2D eigenvalue weighted by Gasteiger charge is -2.47. The van der Waals surface area contributed by atoms with Crippen molar-refractivity contribution in [2.75, 3.05) is 20.6 Å². The monoisotopic (exact) mass is 289 g/mol. The predicted octanol–water partition coefficient (Wildman–Crippen LogP) is 3.21. The summed E-state index contributed by atoms with van der Waals surface area (Å²) in [5.41, 5.74) is 2.93. The number of nitrogens with one attached hydrogen (secondary N) is 1. The van der Waals surface area contributed by atoms with Gasteiger partial charge < -0.3 is 10.2 Å². The minimum atomic E-state index is 0.146. The predicted molar refractivity (Wildman–Crippen MR) is 89.8 cm³/mol. The molecule has 2 rings (SSSR count). The lowest BCUT2D eigenvalue weighted by Crippen LogP contribution is -2.59. The fraction of sp³-hybridized carbons (Fsp3) is 0.722. The first-order valence-corrected chi connectivity index (χ1v) is 8.39. The second-order valence-corrected chi connectivity index (χ2v) is 6.69. The molecule has 1 aliphatic carbocycles.